The van der Waals surface area contributed by atoms with Gasteiger partial charge in [0.15, 0.2) is 0 Å². The van der Waals surface area contributed by atoms with Crippen LogP contribution in [-0.2, 0) is 14.3 Å². The summed E-state index contributed by atoms with van der Waals surface area (Å²) in [6, 6.07) is 0. The SMILES string of the molecule is CC1(C2CC2)NC(=O)CCN(CCOCC(F)(F)F)C1=O. The van der Waals surface area contributed by atoms with Gasteiger partial charge in [0.2, 0.25) is 11.8 Å². The standard InChI is InChI=1S/C13H19F3N2O3/c1-12(9-2-3-9)11(20)18(5-4-10(19)17-12)6-7-21-8-13(14,15)16/h9H,2-8H2,1H3,(H,17,19). The Labute approximate surface area is 120 Å². The van der Waals surface area contributed by atoms with E-state index in [0.29, 0.717) is 0 Å². The Morgan fingerprint density at radius 2 is 2.05 bits per heavy atom. The van der Waals surface area contributed by atoms with Crippen LogP contribution in [0.15, 0.2) is 0 Å². The lowest BCUT2D eigenvalue weighted by atomic mass is 9.94. The molecule has 1 saturated carbocycles. The molecule has 0 aromatic carbocycles. The summed E-state index contributed by atoms with van der Waals surface area (Å²) in [6.45, 7) is 0.445. The van der Waals surface area contributed by atoms with Crippen LogP contribution in [0.2, 0.25) is 0 Å². The van der Waals surface area contributed by atoms with Crippen LogP contribution >= 0.6 is 0 Å². The highest BCUT2D eigenvalue weighted by atomic mass is 19.4. The van der Waals surface area contributed by atoms with Crippen molar-refractivity contribution in [1.82, 2.24) is 10.2 Å². The predicted molar refractivity (Wildman–Crippen MR) is 67.3 cm³/mol. The Hall–Kier alpha value is -1.31. The predicted octanol–water partition coefficient (Wildman–Crippen LogP) is 1.08. The maximum Gasteiger partial charge on any atom is 0.411 e. The molecular formula is C13H19F3N2O3. The van der Waals surface area contributed by atoms with Crippen molar-refractivity contribution in [2.45, 2.75) is 37.9 Å². The number of halogens is 3. The van der Waals surface area contributed by atoms with E-state index in [2.05, 4.69) is 10.1 Å². The van der Waals surface area contributed by atoms with Gasteiger partial charge in [-0.25, -0.2) is 0 Å². The summed E-state index contributed by atoms with van der Waals surface area (Å²) in [7, 11) is 0. The third-order valence-electron chi connectivity index (χ3n) is 3.90. The highest BCUT2D eigenvalue weighted by molar-refractivity contribution is 5.93. The van der Waals surface area contributed by atoms with Crippen molar-refractivity contribution in [3.63, 3.8) is 0 Å². The van der Waals surface area contributed by atoms with Gasteiger partial charge in [-0.15, -0.1) is 0 Å². The number of carbonyl (C=O) groups excluding carboxylic acids is 2. The second kappa shape index (κ2) is 5.82. The number of nitrogens with zero attached hydrogens (tertiary/aromatic N) is 1. The zero-order valence-corrected chi connectivity index (χ0v) is 11.8. The molecule has 1 N–H and O–H groups in total. The molecule has 1 atom stereocenters. The first-order valence-corrected chi connectivity index (χ1v) is 6.97. The van der Waals surface area contributed by atoms with E-state index in [4.69, 9.17) is 0 Å². The molecule has 21 heavy (non-hydrogen) atoms. The van der Waals surface area contributed by atoms with Gasteiger partial charge >= 0.3 is 6.18 Å². The van der Waals surface area contributed by atoms with E-state index in [-0.39, 0.29) is 43.8 Å². The smallest absolute Gasteiger partial charge is 0.370 e. The third kappa shape index (κ3) is 4.09. The monoisotopic (exact) mass is 308 g/mol. The molecule has 1 heterocycles. The van der Waals surface area contributed by atoms with Crippen LogP contribution in [0, 0.1) is 5.92 Å². The van der Waals surface area contributed by atoms with Crippen molar-refractivity contribution < 1.29 is 27.5 Å². The molecule has 1 aliphatic carbocycles. The third-order valence-corrected chi connectivity index (χ3v) is 3.90. The molecule has 0 aromatic heterocycles. The van der Waals surface area contributed by atoms with E-state index < -0.39 is 18.3 Å². The maximum absolute atomic E-state index is 12.5. The first-order chi connectivity index (χ1) is 9.72. The number of amides is 2. The second-order valence-corrected chi connectivity index (χ2v) is 5.73. The summed E-state index contributed by atoms with van der Waals surface area (Å²) < 4.78 is 40.5. The van der Waals surface area contributed by atoms with Crippen molar-refractivity contribution in [3.8, 4) is 0 Å². The largest absolute Gasteiger partial charge is 0.411 e. The minimum absolute atomic E-state index is 0.0617. The Balaban J connectivity index is 1.92. The topological polar surface area (TPSA) is 58.6 Å². The Bertz CT molecular complexity index is 423. The van der Waals surface area contributed by atoms with E-state index in [1.165, 1.54) is 4.90 Å². The van der Waals surface area contributed by atoms with Crippen LogP contribution in [0.3, 0.4) is 0 Å². The number of hydrogen-bond acceptors (Lipinski definition) is 3. The lowest BCUT2D eigenvalue weighted by molar-refractivity contribution is -0.175. The van der Waals surface area contributed by atoms with Crippen LogP contribution in [-0.4, -0.2) is 54.7 Å². The first kappa shape index (κ1) is 16.1. The van der Waals surface area contributed by atoms with Crippen LogP contribution in [0.25, 0.3) is 0 Å². The fraction of sp³-hybridized carbons (Fsp3) is 0.846. The molecule has 0 aromatic rings. The van der Waals surface area contributed by atoms with Crippen molar-refractivity contribution in [2.24, 2.45) is 5.92 Å². The van der Waals surface area contributed by atoms with E-state index >= 15 is 0 Å². The van der Waals surface area contributed by atoms with Crippen molar-refractivity contribution in [3.05, 3.63) is 0 Å². The van der Waals surface area contributed by atoms with E-state index in [1.54, 1.807) is 6.92 Å². The van der Waals surface area contributed by atoms with E-state index in [1.807, 2.05) is 0 Å². The van der Waals surface area contributed by atoms with Crippen molar-refractivity contribution in [1.29, 1.82) is 0 Å². The van der Waals surface area contributed by atoms with Gasteiger partial charge in [-0.3, -0.25) is 9.59 Å². The molecule has 8 heteroatoms. The molecule has 2 aliphatic rings. The van der Waals surface area contributed by atoms with Gasteiger partial charge in [-0.05, 0) is 25.7 Å². The highest BCUT2D eigenvalue weighted by Gasteiger charge is 2.50. The molecule has 0 radical (unpaired) electrons. The molecular weight excluding hydrogens is 289 g/mol. The summed E-state index contributed by atoms with van der Waals surface area (Å²) in [5.41, 5.74) is -0.933. The number of ether oxygens (including phenoxy) is 1. The lowest BCUT2D eigenvalue weighted by Crippen LogP contribution is -2.57. The van der Waals surface area contributed by atoms with Gasteiger partial charge in [-0.2, -0.15) is 13.2 Å². The molecule has 0 bridgehead atoms. The zero-order chi connectivity index (χ0) is 15.7. The molecule has 2 rings (SSSR count). The molecule has 5 nitrogen and oxygen atoms in total. The van der Waals surface area contributed by atoms with Crippen LogP contribution in [0.1, 0.15) is 26.2 Å². The minimum Gasteiger partial charge on any atom is -0.370 e. The average Bonchev–Trinajstić information content (AvgIpc) is 3.19. The zero-order valence-electron chi connectivity index (χ0n) is 11.8. The van der Waals surface area contributed by atoms with Gasteiger partial charge in [0.05, 0.1) is 6.61 Å². The lowest BCUT2D eigenvalue weighted by Gasteiger charge is -2.32. The highest BCUT2D eigenvalue weighted by Crippen LogP contribution is 2.41. The molecule has 120 valence electrons. The van der Waals surface area contributed by atoms with Gasteiger partial charge in [-0.1, -0.05) is 0 Å². The number of hydrogen-bond donors (Lipinski definition) is 1. The summed E-state index contributed by atoms with van der Waals surface area (Å²) in [5.74, 6) is -0.312. The molecule has 0 spiro atoms. The van der Waals surface area contributed by atoms with Gasteiger partial charge in [0, 0.05) is 19.5 Å². The molecule has 1 saturated heterocycles. The average molecular weight is 308 g/mol. The number of nitrogens with one attached hydrogen (secondary N) is 1. The summed E-state index contributed by atoms with van der Waals surface area (Å²) in [6.07, 6.45) is -2.46. The van der Waals surface area contributed by atoms with Gasteiger partial charge in [0.25, 0.3) is 0 Å². The Morgan fingerprint density at radius 1 is 1.38 bits per heavy atom. The fourth-order valence-corrected chi connectivity index (χ4v) is 2.59. The van der Waals surface area contributed by atoms with Crippen LogP contribution < -0.4 is 5.32 Å². The molecule has 1 aliphatic heterocycles. The van der Waals surface area contributed by atoms with E-state index in [9.17, 15) is 22.8 Å². The summed E-state index contributed by atoms with van der Waals surface area (Å²) in [5, 5.41) is 2.76. The van der Waals surface area contributed by atoms with Crippen molar-refractivity contribution in [2.75, 3.05) is 26.3 Å². The van der Waals surface area contributed by atoms with E-state index in [0.717, 1.165) is 12.8 Å². The molecule has 2 fully saturated rings. The maximum atomic E-state index is 12.5. The molecule has 2 amide bonds. The van der Waals surface area contributed by atoms with Crippen LogP contribution in [0.4, 0.5) is 13.2 Å². The number of rotatable bonds is 5. The number of alkyl halides is 3. The normalized spacial score (nSPS) is 27.5. The second-order valence-electron chi connectivity index (χ2n) is 5.73. The number of carbonyl (C=O) groups is 2. The van der Waals surface area contributed by atoms with Gasteiger partial charge in [0.1, 0.15) is 12.1 Å². The summed E-state index contributed by atoms with van der Waals surface area (Å²) in [4.78, 5) is 25.7. The molecule has 1 unspecified atom stereocenters. The van der Waals surface area contributed by atoms with Crippen molar-refractivity contribution >= 4 is 11.8 Å². The Morgan fingerprint density at radius 3 is 2.62 bits per heavy atom. The van der Waals surface area contributed by atoms with Gasteiger partial charge < -0.3 is 15.0 Å². The fourth-order valence-electron chi connectivity index (χ4n) is 2.59. The Kier molecular flexibility index (Phi) is 4.46. The van der Waals surface area contributed by atoms with Crippen LogP contribution in [0.5, 0.6) is 0 Å². The summed E-state index contributed by atoms with van der Waals surface area (Å²) >= 11 is 0. The quantitative estimate of drug-likeness (QED) is 0.773. The minimum atomic E-state index is -4.37. The first-order valence-electron chi connectivity index (χ1n) is 6.97.